The minimum absolute atomic E-state index is 0.928. The number of pyridine rings is 1. The van der Waals surface area contributed by atoms with Crippen molar-refractivity contribution in [3.8, 4) is 0 Å². The van der Waals surface area contributed by atoms with Crippen molar-refractivity contribution in [2.45, 2.75) is 6.54 Å². The van der Waals surface area contributed by atoms with Gasteiger partial charge >= 0.3 is 0 Å². The van der Waals surface area contributed by atoms with Crippen LogP contribution in [0.5, 0.6) is 0 Å². The molecule has 0 aromatic carbocycles. The zero-order valence-corrected chi connectivity index (χ0v) is 9.58. The molecule has 0 bridgehead atoms. The van der Waals surface area contributed by atoms with Crippen molar-refractivity contribution in [2.24, 2.45) is 0 Å². The Hall–Kier alpha value is -0.870. The quantitative estimate of drug-likeness (QED) is 0.908. The SMILES string of the molecule is CNCCn1c(Br)cc2cccnc21. The molecule has 0 fully saturated rings. The van der Waals surface area contributed by atoms with Crippen LogP contribution in [0.25, 0.3) is 11.0 Å². The Labute approximate surface area is 91.3 Å². The summed E-state index contributed by atoms with van der Waals surface area (Å²) in [5, 5.41) is 4.30. The third-order valence-electron chi connectivity index (χ3n) is 2.19. The summed E-state index contributed by atoms with van der Waals surface area (Å²) in [6.45, 7) is 1.87. The predicted molar refractivity (Wildman–Crippen MR) is 61.4 cm³/mol. The highest BCUT2D eigenvalue weighted by molar-refractivity contribution is 9.10. The number of fused-ring (bicyclic) bond motifs is 1. The van der Waals surface area contributed by atoms with Gasteiger partial charge in [-0.15, -0.1) is 0 Å². The number of nitrogens with one attached hydrogen (secondary N) is 1. The van der Waals surface area contributed by atoms with E-state index in [0.29, 0.717) is 0 Å². The van der Waals surface area contributed by atoms with E-state index < -0.39 is 0 Å². The van der Waals surface area contributed by atoms with Gasteiger partial charge in [-0.05, 0) is 41.2 Å². The average molecular weight is 254 g/mol. The molecule has 2 aromatic heterocycles. The fourth-order valence-corrected chi connectivity index (χ4v) is 2.08. The Kier molecular flexibility index (Phi) is 2.84. The minimum atomic E-state index is 0.928. The van der Waals surface area contributed by atoms with E-state index in [1.165, 1.54) is 5.39 Å². The largest absolute Gasteiger partial charge is 0.319 e. The lowest BCUT2D eigenvalue weighted by Crippen LogP contribution is -2.15. The monoisotopic (exact) mass is 253 g/mol. The van der Waals surface area contributed by atoms with Crippen molar-refractivity contribution in [1.29, 1.82) is 0 Å². The second kappa shape index (κ2) is 4.11. The van der Waals surface area contributed by atoms with E-state index in [1.807, 2.05) is 19.3 Å². The first-order valence-electron chi connectivity index (χ1n) is 4.57. The van der Waals surface area contributed by atoms with Gasteiger partial charge in [0, 0.05) is 24.7 Å². The lowest BCUT2D eigenvalue weighted by Gasteiger charge is -2.05. The van der Waals surface area contributed by atoms with Crippen LogP contribution in [0.4, 0.5) is 0 Å². The van der Waals surface area contributed by atoms with E-state index in [-0.39, 0.29) is 0 Å². The molecule has 0 aliphatic carbocycles. The molecule has 2 heterocycles. The molecule has 2 aromatic rings. The van der Waals surface area contributed by atoms with Gasteiger partial charge in [-0.3, -0.25) is 0 Å². The highest BCUT2D eigenvalue weighted by Crippen LogP contribution is 2.21. The molecular weight excluding hydrogens is 242 g/mol. The summed E-state index contributed by atoms with van der Waals surface area (Å²) in [5.41, 5.74) is 1.04. The highest BCUT2D eigenvalue weighted by Gasteiger charge is 2.05. The second-order valence-corrected chi connectivity index (χ2v) is 3.95. The fraction of sp³-hybridized carbons (Fsp3) is 0.300. The Morgan fingerprint density at radius 1 is 1.57 bits per heavy atom. The van der Waals surface area contributed by atoms with Gasteiger partial charge < -0.3 is 9.88 Å². The summed E-state index contributed by atoms with van der Waals surface area (Å²) in [6.07, 6.45) is 1.82. The van der Waals surface area contributed by atoms with Gasteiger partial charge in [0.05, 0.1) is 4.60 Å². The van der Waals surface area contributed by atoms with E-state index in [2.05, 4.69) is 42.9 Å². The lowest BCUT2D eigenvalue weighted by atomic mass is 10.3. The third kappa shape index (κ3) is 1.67. The van der Waals surface area contributed by atoms with Crippen LogP contribution in [0.1, 0.15) is 0 Å². The van der Waals surface area contributed by atoms with Crippen molar-refractivity contribution in [3.05, 3.63) is 29.0 Å². The van der Waals surface area contributed by atoms with Crippen LogP contribution in [-0.4, -0.2) is 23.1 Å². The van der Waals surface area contributed by atoms with Gasteiger partial charge in [0.1, 0.15) is 5.65 Å². The predicted octanol–water partition coefficient (Wildman–Crippen LogP) is 2.02. The molecule has 0 unspecified atom stereocenters. The number of halogens is 1. The number of nitrogens with zero attached hydrogens (tertiary/aromatic N) is 2. The molecule has 14 heavy (non-hydrogen) atoms. The maximum atomic E-state index is 4.36. The van der Waals surface area contributed by atoms with Crippen LogP contribution >= 0.6 is 15.9 Å². The van der Waals surface area contributed by atoms with Crippen molar-refractivity contribution in [1.82, 2.24) is 14.9 Å². The topological polar surface area (TPSA) is 29.9 Å². The van der Waals surface area contributed by atoms with Gasteiger partial charge in [-0.2, -0.15) is 0 Å². The molecule has 0 saturated heterocycles. The summed E-state index contributed by atoms with van der Waals surface area (Å²) in [5.74, 6) is 0. The van der Waals surface area contributed by atoms with Crippen molar-refractivity contribution in [3.63, 3.8) is 0 Å². The molecule has 0 atom stereocenters. The Morgan fingerprint density at radius 3 is 3.21 bits per heavy atom. The van der Waals surface area contributed by atoms with Crippen molar-refractivity contribution < 1.29 is 0 Å². The first kappa shape index (κ1) is 9.68. The zero-order valence-electron chi connectivity index (χ0n) is 8.00. The van der Waals surface area contributed by atoms with Gasteiger partial charge in [-0.25, -0.2) is 4.98 Å². The summed E-state index contributed by atoms with van der Waals surface area (Å²) >= 11 is 3.53. The molecule has 0 aliphatic rings. The van der Waals surface area contributed by atoms with E-state index in [0.717, 1.165) is 23.3 Å². The van der Waals surface area contributed by atoms with E-state index in [1.54, 1.807) is 0 Å². The number of hydrogen-bond donors (Lipinski definition) is 1. The summed E-state index contributed by atoms with van der Waals surface area (Å²) < 4.78 is 3.24. The molecule has 4 heteroatoms. The lowest BCUT2D eigenvalue weighted by molar-refractivity contribution is 0.650. The molecule has 0 aliphatic heterocycles. The van der Waals surface area contributed by atoms with E-state index in [4.69, 9.17) is 0 Å². The van der Waals surface area contributed by atoms with E-state index >= 15 is 0 Å². The number of likely N-dealkylation sites (N-methyl/N-ethyl adjacent to an activating group) is 1. The number of aromatic nitrogens is 2. The van der Waals surface area contributed by atoms with Crippen LogP contribution < -0.4 is 5.32 Å². The standard InChI is InChI=1S/C10H12BrN3/c1-12-5-6-14-9(11)7-8-3-2-4-13-10(8)14/h2-4,7,12H,5-6H2,1H3. The van der Waals surface area contributed by atoms with Crippen LogP contribution in [-0.2, 0) is 6.54 Å². The van der Waals surface area contributed by atoms with Crippen LogP contribution in [0.15, 0.2) is 29.0 Å². The summed E-state index contributed by atoms with van der Waals surface area (Å²) in [7, 11) is 1.95. The molecule has 0 amide bonds. The number of hydrogen-bond acceptors (Lipinski definition) is 2. The van der Waals surface area contributed by atoms with Gasteiger partial charge in [0.25, 0.3) is 0 Å². The molecule has 0 saturated carbocycles. The normalized spacial score (nSPS) is 11.0. The minimum Gasteiger partial charge on any atom is -0.319 e. The van der Waals surface area contributed by atoms with Crippen molar-refractivity contribution in [2.75, 3.05) is 13.6 Å². The first-order chi connectivity index (χ1) is 6.83. The smallest absolute Gasteiger partial charge is 0.140 e. The Bertz CT molecular complexity index is 436. The fourth-order valence-electron chi connectivity index (χ4n) is 1.49. The molecule has 2 rings (SSSR count). The van der Waals surface area contributed by atoms with E-state index in [9.17, 15) is 0 Å². The second-order valence-electron chi connectivity index (χ2n) is 3.14. The average Bonchev–Trinajstić information content (AvgIpc) is 2.51. The van der Waals surface area contributed by atoms with Crippen LogP contribution in [0.3, 0.4) is 0 Å². The molecule has 0 spiro atoms. The first-order valence-corrected chi connectivity index (χ1v) is 5.36. The maximum Gasteiger partial charge on any atom is 0.140 e. The van der Waals surface area contributed by atoms with Gasteiger partial charge in [0.15, 0.2) is 0 Å². The van der Waals surface area contributed by atoms with Crippen LogP contribution in [0, 0.1) is 0 Å². The molecule has 0 radical (unpaired) electrons. The zero-order chi connectivity index (χ0) is 9.97. The molecule has 3 nitrogen and oxygen atoms in total. The Morgan fingerprint density at radius 2 is 2.43 bits per heavy atom. The molecular formula is C10H12BrN3. The molecule has 1 N–H and O–H groups in total. The summed E-state index contributed by atoms with van der Waals surface area (Å²) in [4.78, 5) is 4.36. The highest BCUT2D eigenvalue weighted by atomic mass is 79.9. The van der Waals surface area contributed by atoms with Gasteiger partial charge in [0.2, 0.25) is 0 Å². The number of rotatable bonds is 3. The maximum absolute atomic E-state index is 4.36. The van der Waals surface area contributed by atoms with Crippen LogP contribution in [0.2, 0.25) is 0 Å². The van der Waals surface area contributed by atoms with Gasteiger partial charge in [-0.1, -0.05) is 0 Å². The Balaban J connectivity index is 2.45. The summed E-state index contributed by atoms with van der Waals surface area (Å²) in [6, 6.07) is 6.12. The molecule has 74 valence electrons. The van der Waals surface area contributed by atoms with Crippen molar-refractivity contribution >= 4 is 27.0 Å². The third-order valence-corrected chi connectivity index (χ3v) is 2.85.